The van der Waals surface area contributed by atoms with Crippen molar-refractivity contribution in [1.82, 2.24) is 5.32 Å². The van der Waals surface area contributed by atoms with E-state index in [1.54, 1.807) is 31.4 Å². The van der Waals surface area contributed by atoms with Crippen LogP contribution in [0.1, 0.15) is 48.9 Å². The molecule has 0 spiro atoms. The van der Waals surface area contributed by atoms with Crippen molar-refractivity contribution in [3.63, 3.8) is 0 Å². The number of rotatable bonds is 9. The molecule has 0 aromatic heterocycles. The Bertz CT molecular complexity index is 987. The van der Waals surface area contributed by atoms with Crippen LogP contribution in [-0.2, 0) is 27.7 Å². The molecule has 1 atom stereocenters. The second kappa shape index (κ2) is 9.51. The van der Waals surface area contributed by atoms with E-state index in [-0.39, 0.29) is 24.9 Å². The Kier molecular flexibility index (Phi) is 7.02. The Morgan fingerprint density at radius 2 is 1.83 bits per heavy atom. The lowest BCUT2D eigenvalue weighted by molar-refractivity contribution is -0.121. The lowest BCUT2D eigenvalue weighted by Gasteiger charge is -2.23. The van der Waals surface area contributed by atoms with Crippen LogP contribution in [0.4, 0.5) is 5.69 Å². The number of benzene rings is 2. The summed E-state index contributed by atoms with van der Waals surface area (Å²) in [4.78, 5) is 12.4. The van der Waals surface area contributed by atoms with Gasteiger partial charge in [-0.1, -0.05) is 18.2 Å². The van der Waals surface area contributed by atoms with E-state index in [0.717, 1.165) is 18.4 Å². The van der Waals surface area contributed by atoms with Crippen LogP contribution < -0.4 is 14.4 Å². The Morgan fingerprint density at radius 3 is 2.50 bits per heavy atom. The number of carbonyl (C=O) groups excluding carboxylic acids is 1. The molecule has 1 amide bonds. The highest BCUT2D eigenvalue weighted by Crippen LogP contribution is 2.25. The van der Waals surface area contributed by atoms with Gasteiger partial charge < -0.3 is 10.1 Å². The third kappa shape index (κ3) is 5.53. The molecule has 162 valence electrons. The Labute approximate surface area is 179 Å². The Morgan fingerprint density at radius 1 is 1.13 bits per heavy atom. The zero-order chi connectivity index (χ0) is 21.7. The maximum Gasteiger partial charge on any atom is 0.232 e. The van der Waals surface area contributed by atoms with Crippen LogP contribution in [0.25, 0.3) is 0 Å². The van der Waals surface area contributed by atoms with Crippen molar-refractivity contribution in [2.75, 3.05) is 24.2 Å². The number of nitrogens with one attached hydrogen (secondary N) is 1. The normalized spacial score (nSPS) is 14.1. The van der Waals surface area contributed by atoms with E-state index in [9.17, 15) is 13.2 Å². The molecule has 0 heterocycles. The Balaban J connectivity index is 1.54. The second-order valence-corrected chi connectivity index (χ2v) is 9.71. The van der Waals surface area contributed by atoms with Crippen molar-refractivity contribution in [3.05, 3.63) is 59.2 Å². The predicted octanol–water partition coefficient (Wildman–Crippen LogP) is 3.61. The molecule has 7 heteroatoms. The smallest absolute Gasteiger partial charge is 0.232 e. The van der Waals surface area contributed by atoms with Gasteiger partial charge in [-0.05, 0) is 73.6 Å². The number of fused-ring (bicyclic) bond motifs is 1. The zero-order valence-electron chi connectivity index (χ0n) is 17.8. The lowest BCUT2D eigenvalue weighted by atomic mass is 10.0. The quantitative estimate of drug-likeness (QED) is 0.659. The number of amides is 1. The van der Waals surface area contributed by atoms with E-state index in [1.165, 1.54) is 28.1 Å². The molecule has 1 aliphatic carbocycles. The minimum atomic E-state index is -3.45. The van der Waals surface area contributed by atoms with Crippen molar-refractivity contribution >= 4 is 21.6 Å². The van der Waals surface area contributed by atoms with E-state index < -0.39 is 10.0 Å². The van der Waals surface area contributed by atoms with Gasteiger partial charge in [0.2, 0.25) is 15.9 Å². The largest absolute Gasteiger partial charge is 0.497 e. The summed E-state index contributed by atoms with van der Waals surface area (Å²) < 4.78 is 30.9. The summed E-state index contributed by atoms with van der Waals surface area (Å²) >= 11 is 0. The first kappa shape index (κ1) is 22.2. The van der Waals surface area contributed by atoms with E-state index in [1.807, 2.05) is 6.92 Å². The molecule has 30 heavy (non-hydrogen) atoms. The molecule has 6 nitrogen and oxygen atoms in total. The fourth-order valence-electron chi connectivity index (χ4n) is 3.88. The van der Waals surface area contributed by atoms with Crippen LogP contribution >= 0.6 is 0 Å². The number of carbonyl (C=O) groups is 1. The SMILES string of the molecule is COc1ccc(N(CCCC(=O)N[C@@H](C)c2ccc3c(c2)CCC3)S(C)(=O)=O)cc1. The number of methoxy groups -OCH3 is 1. The Hall–Kier alpha value is -2.54. The van der Waals surface area contributed by atoms with Gasteiger partial charge in [0.05, 0.1) is 25.1 Å². The summed E-state index contributed by atoms with van der Waals surface area (Å²) in [7, 11) is -1.89. The van der Waals surface area contributed by atoms with Gasteiger partial charge in [0.1, 0.15) is 5.75 Å². The third-order valence-corrected chi connectivity index (χ3v) is 6.72. The van der Waals surface area contributed by atoms with Crippen LogP contribution in [-0.4, -0.2) is 34.2 Å². The van der Waals surface area contributed by atoms with Crippen LogP contribution in [0.3, 0.4) is 0 Å². The van der Waals surface area contributed by atoms with Crippen molar-refractivity contribution in [3.8, 4) is 5.75 Å². The maximum absolute atomic E-state index is 12.4. The number of hydrogen-bond donors (Lipinski definition) is 1. The molecule has 2 aromatic carbocycles. The minimum absolute atomic E-state index is 0.0731. The van der Waals surface area contributed by atoms with E-state index in [0.29, 0.717) is 17.9 Å². The van der Waals surface area contributed by atoms with Crippen LogP contribution in [0.5, 0.6) is 5.75 Å². The second-order valence-electron chi connectivity index (χ2n) is 7.81. The first-order valence-electron chi connectivity index (χ1n) is 10.3. The average Bonchev–Trinajstić information content (AvgIpc) is 3.18. The lowest BCUT2D eigenvalue weighted by Crippen LogP contribution is -2.32. The summed E-state index contributed by atoms with van der Waals surface area (Å²) in [6.45, 7) is 2.22. The number of anilines is 1. The number of hydrogen-bond acceptors (Lipinski definition) is 4. The minimum Gasteiger partial charge on any atom is -0.497 e. The molecule has 1 N–H and O–H groups in total. The number of sulfonamides is 1. The van der Waals surface area contributed by atoms with Gasteiger partial charge in [0, 0.05) is 13.0 Å². The summed E-state index contributed by atoms with van der Waals surface area (Å²) in [5.41, 5.74) is 4.47. The standard InChI is InChI=1S/C23H30N2O4S/c1-17(19-10-9-18-6-4-7-20(18)16-19)24-23(26)8-5-15-25(30(3,27)28)21-11-13-22(29-2)14-12-21/h9-14,16-17H,4-8,15H2,1-3H3,(H,24,26)/t17-/m0/s1. The molecule has 0 radical (unpaired) electrons. The molecule has 2 aromatic rings. The first-order valence-corrected chi connectivity index (χ1v) is 12.2. The predicted molar refractivity (Wildman–Crippen MR) is 119 cm³/mol. The maximum atomic E-state index is 12.4. The van der Waals surface area contributed by atoms with Crippen molar-refractivity contribution < 1.29 is 17.9 Å². The molecule has 0 saturated carbocycles. The van der Waals surface area contributed by atoms with Gasteiger partial charge in [-0.2, -0.15) is 0 Å². The summed E-state index contributed by atoms with van der Waals surface area (Å²) in [5.74, 6) is 0.582. The number of ether oxygens (including phenoxy) is 1. The third-order valence-electron chi connectivity index (χ3n) is 5.53. The zero-order valence-corrected chi connectivity index (χ0v) is 18.7. The molecule has 1 aliphatic rings. The van der Waals surface area contributed by atoms with E-state index in [2.05, 4.69) is 23.5 Å². The first-order chi connectivity index (χ1) is 14.3. The van der Waals surface area contributed by atoms with E-state index >= 15 is 0 Å². The molecular formula is C23H30N2O4S. The molecule has 0 saturated heterocycles. The average molecular weight is 431 g/mol. The highest BCUT2D eigenvalue weighted by Gasteiger charge is 2.19. The molecule has 0 bridgehead atoms. The molecule has 0 unspecified atom stereocenters. The summed E-state index contributed by atoms with van der Waals surface area (Å²) in [5, 5.41) is 3.03. The van der Waals surface area contributed by atoms with Gasteiger partial charge in [-0.15, -0.1) is 0 Å². The monoisotopic (exact) mass is 430 g/mol. The van der Waals surface area contributed by atoms with Gasteiger partial charge in [-0.3, -0.25) is 9.10 Å². The highest BCUT2D eigenvalue weighted by molar-refractivity contribution is 7.92. The van der Waals surface area contributed by atoms with Crippen molar-refractivity contribution in [2.24, 2.45) is 0 Å². The summed E-state index contributed by atoms with van der Waals surface area (Å²) in [6.07, 6.45) is 5.31. The fourth-order valence-corrected chi connectivity index (χ4v) is 4.84. The van der Waals surface area contributed by atoms with Crippen molar-refractivity contribution in [1.29, 1.82) is 0 Å². The van der Waals surface area contributed by atoms with Crippen LogP contribution in [0.2, 0.25) is 0 Å². The number of nitrogens with zero attached hydrogens (tertiary/aromatic N) is 1. The van der Waals surface area contributed by atoms with Gasteiger partial charge >= 0.3 is 0 Å². The fraction of sp³-hybridized carbons (Fsp3) is 0.435. The van der Waals surface area contributed by atoms with Crippen molar-refractivity contribution in [2.45, 2.75) is 45.1 Å². The van der Waals surface area contributed by atoms with Gasteiger partial charge in [0.15, 0.2) is 0 Å². The molecule has 0 aliphatic heterocycles. The molecular weight excluding hydrogens is 400 g/mol. The van der Waals surface area contributed by atoms with Gasteiger partial charge in [0.25, 0.3) is 0 Å². The van der Waals surface area contributed by atoms with Crippen LogP contribution in [0, 0.1) is 0 Å². The molecule has 0 fully saturated rings. The highest BCUT2D eigenvalue weighted by atomic mass is 32.2. The van der Waals surface area contributed by atoms with Gasteiger partial charge in [-0.25, -0.2) is 8.42 Å². The summed E-state index contributed by atoms with van der Waals surface area (Å²) in [6, 6.07) is 13.2. The molecule has 3 rings (SSSR count). The van der Waals surface area contributed by atoms with Crippen LogP contribution in [0.15, 0.2) is 42.5 Å². The van der Waals surface area contributed by atoms with E-state index in [4.69, 9.17) is 4.74 Å². The number of aryl methyl sites for hydroxylation is 2. The topological polar surface area (TPSA) is 75.7 Å².